The highest BCUT2D eigenvalue weighted by molar-refractivity contribution is 5.92. The van der Waals surface area contributed by atoms with E-state index in [1.54, 1.807) is 44.2 Å². The minimum Gasteiger partial charge on any atom is -0.508 e. The topological polar surface area (TPSA) is 209 Å². The van der Waals surface area contributed by atoms with Crippen LogP contribution in [0.3, 0.4) is 0 Å². The number of carbonyl (C=O) groups excluding carboxylic acids is 1. The van der Waals surface area contributed by atoms with Crippen LogP contribution in [0.15, 0.2) is 98.7 Å². The van der Waals surface area contributed by atoms with E-state index in [2.05, 4.69) is 16.0 Å². The maximum Gasteiger partial charge on any atom is 0.333 e. The molecule has 5 atom stereocenters. The fraction of sp³-hybridized carbons (Fsp3) is 0.381. The standard InChI is InChI=1S/C42H50N4O9/c1-5-23(3)41(52)54-32-19-29-38(51)36-31(50)18-28(21-47)53-40(36)37(39(29)55-42(32,4)14-12-24-10-11-34(44-6-2)46-20-24)35(26-13-15-45-33(43)17-26)30(22-48)25-8-7-9-27(49)16-25/h5,7-11,13,16-18,20,30,32,34-35,44-49,51H,6,12,14-15,19,21-22,43H2,1-4H3/b23-5-/t30-,32-,34?,35+,42+/m1/s1. The average Bonchev–Trinajstić information content (AvgIpc) is 3.17. The summed E-state index contributed by atoms with van der Waals surface area (Å²) in [7, 11) is 0. The molecule has 4 heterocycles. The molecular formula is C42H50N4O9. The third-order valence-electron chi connectivity index (χ3n) is 10.7. The Bertz CT molecular complexity index is 2170. The predicted octanol–water partition coefficient (Wildman–Crippen LogP) is 4.22. The molecule has 0 radical (unpaired) electrons. The monoisotopic (exact) mass is 754 g/mol. The first-order valence-corrected chi connectivity index (χ1v) is 18.6. The molecule has 1 aromatic heterocycles. The molecule has 0 saturated heterocycles. The zero-order valence-electron chi connectivity index (χ0n) is 31.5. The summed E-state index contributed by atoms with van der Waals surface area (Å²) in [5, 5.41) is 53.5. The van der Waals surface area contributed by atoms with E-state index in [4.69, 9.17) is 19.6 Å². The van der Waals surface area contributed by atoms with Gasteiger partial charge in [-0.15, -0.1) is 0 Å². The van der Waals surface area contributed by atoms with Gasteiger partial charge in [-0.2, -0.15) is 0 Å². The van der Waals surface area contributed by atoms with Crippen LogP contribution in [0.5, 0.6) is 17.2 Å². The zero-order valence-corrected chi connectivity index (χ0v) is 31.5. The normalized spacial score (nSPS) is 21.9. The Morgan fingerprint density at radius 2 is 2.04 bits per heavy atom. The molecule has 13 nitrogen and oxygen atoms in total. The molecule has 3 aliphatic rings. The van der Waals surface area contributed by atoms with Gasteiger partial charge >= 0.3 is 5.97 Å². The van der Waals surface area contributed by atoms with Crippen LogP contribution in [0.1, 0.15) is 74.8 Å². The molecule has 3 aliphatic heterocycles. The number of ether oxygens (including phenoxy) is 2. The number of fused-ring (bicyclic) bond motifs is 2. The lowest BCUT2D eigenvalue weighted by molar-refractivity contribution is -0.158. The molecule has 9 N–H and O–H groups in total. The first-order chi connectivity index (χ1) is 26.4. The average molecular weight is 755 g/mol. The number of phenols is 2. The smallest absolute Gasteiger partial charge is 0.333 e. The van der Waals surface area contributed by atoms with E-state index >= 15 is 0 Å². The van der Waals surface area contributed by atoms with Crippen molar-refractivity contribution < 1.29 is 39.1 Å². The number of phenolic OH excluding ortho intramolecular Hbond substituents is 2. The highest BCUT2D eigenvalue weighted by Gasteiger charge is 2.48. The predicted molar refractivity (Wildman–Crippen MR) is 208 cm³/mol. The van der Waals surface area contributed by atoms with Gasteiger partial charge in [-0.1, -0.05) is 37.3 Å². The molecule has 0 amide bonds. The lowest BCUT2D eigenvalue weighted by Gasteiger charge is -2.44. The van der Waals surface area contributed by atoms with Crippen LogP contribution in [-0.4, -0.2) is 64.0 Å². The number of carbonyl (C=O) groups is 1. The Kier molecular flexibility index (Phi) is 11.7. The lowest BCUT2D eigenvalue weighted by atomic mass is 9.73. The number of nitrogens with one attached hydrogen (secondary N) is 3. The van der Waals surface area contributed by atoms with Crippen LogP contribution >= 0.6 is 0 Å². The fourth-order valence-electron chi connectivity index (χ4n) is 7.53. The Labute approximate surface area is 319 Å². The molecule has 3 aromatic rings. The number of aliphatic hydroxyl groups excluding tert-OH is 2. The van der Waals surface area contributed by atoms with Crippen LogP contribution < -0.4 is 31.8 Å². The number of hydrogen-bond acceptors (Lipinski definition) is 13. The summed E-state index contributed by atoms with van der Waals surface area (Å²) in [6.07, 6.45) is 11.2. The highest BCUT2D eigenvalue weighted by atomic mass is 16.6. The molecule has 6 rings (SSSR count). The first kappa shape index (κ1) is 39.2. The summed E-state index contributed by atoms with van der Waals surface area (Å²) < 4.78 is 19.5. The SMILES string of the molecule is C/C=C(/C)C(=O)O[C@@H]1Cc2c(c([C@@H](C3=CCNC(N)=C3)[C@H](CO)c3cccc(O)c3)c3oc(CO)cc(=O)c3c2O)O[C@@]1(C)CCC1=CNC(NCC)C=C1. The Balaban J connectivity index is 1.60. The summed E-state index contributed by atoms with van der Waals surface area (Å²) >= 11 is 0. The minimum atomic E-state index is -1.20. The zero-order chi connectivity index (χ0) is 39.4. The summed E-state index contributed by atoms with van der Waals surface area (Å²) in [5.74, 6) is -2.07. The Hall–Kier alpha value is -5.50. The number of dihydropyridines is 2. The maximum absolute atomic E-state index is 13.9. The number of aromatic hydroxyl groups is 2. The lowest BCUT2D eigenvalue weighted by Crippen LogP contribution is -2.51. The maximum atomic E-state index is 13.9. The number of esters is 1. The Morgan fingerprint density at radius 3 is 2.69 bits per heavy atom. The van der Waals surface area contributed by atoms with Crippen LogP contribution in [-0.2, 0) is 22.6 Å². The van der Waals surface area contributed by atoms with Gasteiger partial charge < -0.3 is 50.7 Å². The van der Waals surface area contributed by atoms with Gasteiger partial charge in [-0.3, -0.25) is 10.1 Å². The summed E-state index contributed by atoms with van der Waals surface area (Å²) in [5.41, 5.74) is 7.62. The van der Waals surface area contributed by atoms with Gasteiger partial charge in [0.15, 0.2) is 5.43 Å². The first-order valence-electron chi connectivity index (χ1n) is 18.6. The highest BCUT2D eigenvalue weighted by Crippen LogP contribution is 2.54. The molecule has 0 spiro atoms. The third kappa shape index (κ3) is 8.00. The summed E-state index contributed by atoms with van der Waals surface area (Å²) in [4.78, 5) is 27.2. The van der Waals surface area contributed by atoms with Crippen molar-refractivity contribution in [1.82, 2.24) is 16.0 Å². The number of allylic oxidation sites excluding steroid dienone is 5. The molecule has 0 saturated carbocycles. The second kappa shape index (κ2) is 16.5. The number of aliphatic hydroxyl groups is 2. The molecule has 292 valence electrons. The van der Waals surface area contributed by atoms with Crippen LogP contribution in [0.2, 0.25) is 0 Å². The van der Waals surface area contributed by atoms with Crippen molar-refractivity contribution in [3.8, 4) is 17.2 Å². The van der Waals surface area contributed by atoms with Crippen molar-refractivity contribution in [2.45, 2.75) is 83.3 Å². The third-order valence-corrected chi connectivity index (χ3v) is 10.7. The van der Waals surface area contributed by atoms with E-state index in [0.29, 0.717) is 47.5 Å². The number of likely N-dealkylation sites (N-methyl/N-ethyl adjacent to an activating group) is 1. The van der Waals surface area contributed by atoms with E-state index in [-0.39, 0.29) is 46.4 Å². The van der Waals surface area contributed by atoms with Gasteiger partial charge in [0.25, 0.3) is 0 Å². The fourth-order valence-corrected chi connectivity index (χ4v) is 7.53. The second-order valence-electron chi connectivity index (χ2n) is 14.3. The molecular weight excluding hydrogens is 704 g/mol. The van der Waals surface area contributed by atoms with E-state index in [0.717, 1.165) is 18.2 Å². The number of nitrogens with two attached hydrogens (primary N) is 1. The van der Waals surface area contributed by atoms with Crippen LogP contribution in [0, 0.1) is 0 Å². The molecule has 13 heteroatoms. The summed E-state index contributed by atoms with van der Waals surface area (Å²) in [6, 6.07) is 7.64. The van der Waals surface area contributed by atoms with Crippen molar-refractivity contribution in [2.24, 2.45) is 5.73 Å². The number of rotatable bonds is 13. The molecule has 0 aliphatic carbocycles. The molecule has 2 aromatic carbocycles. The largest absolute Gasteiger partial charge is 0.508 e. The van der Waals surface area contributed by atoms with Gasteiger partial charge in [-0.05, 0) is 81.2 Å². The van der Waals surface area contributed by atoms with E-state index in [1.165, 1.54) is 6.07 Å². The Morgan fingerprint density at radius 1 is 1.24 bits per heavy atom. The van der Waals surface area contributed by atoms with Crippen molar-refractivity contribution in [1.29, 1.82) is 0 Å². The van der Waals surface area contributed by atoms with Gasteiger partial charge in [-0.25, -0.2) is 4.79 Å². The molecule has 1 unspecified atom stereocenters. The van der Waals surface area contributed by atoms with Crippen molar-refractivity contribution in [3.63, 3.8) is 0 Å². The van der Waals surface area contributed by atoms with Gasteiger partial charge in [0.2, 0.25) is 0 Å². The molecule has 0 fully saturated rings. The van der Waals surface area contributed by atoms with Crippen molar-refractivity contribution >= 4 is 16.9 Å². The molecule has 55 heavy (non-hydrogen) atoms. The van der Waals surface area contributed by atoms with Gasteiger partial charge in [0.1, 0.15) is 52.3 Å². The van der Waals surface area contributed by atoms with Crippen LogP contribution in [0.25, 0.3) is 11.0 Å². The van der Waals surface area contributed by atoms with E-state index in [1.807, 2.05) is 38.3 Å². The van der Waals surface area contributed by atoms with E-state index in [9.17, 15) is 30.0 Å². The molecule has 0 bridgehead atoms. The van der Waals surface area contributed by atoms with Crippen molar-refractivity contribution in [3.05, 3.63) is 122 Å². The van der Waals surface area contributed by atoms with Gasteiger partial charge in [0.05, 0.1) is 18.6 Å². The summed E-state index contributed by atoms with van der Waals surface area (Å²) in [6.45, 7) is 7.39. The van der Waals surface area contributed by atoms with Crippen LogP contribution in [0.4, 0.5) is 0 Å². The number of hydrogen-bond donors (Lipinski definition) is 8. The minimum absolute atomic E-state index is 0.00718. The quantitative estimate of drug-likeness (QED) is 0.0910. The second-order valence-corrected chi connectivity index (χ2v) is 14.3. The van der Waals surface area contributed by atoms with E-state index < -0.39 is 53.9 Å². The number of benzene rings is 2. The van der Waals surface area contributed by atoms with Gasteiger partial charge in [0, 0.05) is 53.8 Å². The van der Waals surface area contributed by atoms with Crippen molar-refractivity contribution in [2.75, 3.05) is 19.7 Å².